The van der Waals surface area contributed by atoms with Crippen molar-refractivity contribution in [1.29, 1.82) is 0 Å². The van der Waals surface area contributed by atoms with E-state index >= 15 is 0 Å². The number of hydrogen-bond acceptors (Lipinski definition) is 9. The van der Waals surface area contributed by atoms with Gasteiger partial charge in [0, 0.05) is 21.5 Å². The number of fused-ring (bicyclic) bond motifs is 1. The molecule has 0 saturated carbocycles. The van der Waals surface area contributed by atoms with Crippen molar-refractivity contribution in [3.05, 3.63) is 30.3 Å². The molecule has 156 valence electrons. The van der Waals surface area contributed by atoms with Gasteiger partial charge in [-0.15, -0.1) is 0 Å². The Morgan fingerprint density at radius 3 is 1.75 bits per heavy atom. The van der Waals surface area contributed by atoms with Crippen LogP contribution >= 0.6 is 10.7 Å². The lowest BCUT2D eigenvalue weighted by Crippen LogP contribution is -2.35. The molecule has 0 aliphatic heterocycles. The lowest BCUT2D eigenvalue weighted by molar-refractivity contribution is 0.488. The van der Waals surface area contributed by atoms with Crippen LogP contribution in [0.15, 0.2) is 35.2 Å². The molecule has 2 aromatic rings. The van der Waals surface area contributed by atoms with Crippen LogP contribution in [0.25, 0.3) is 10.8 Å². The number of rotatable bonds is 6. The van der Waals surface area contributed by atoms with Gasteiger partial charge in [0.25, 0.3) is 9.05 Å². The normalized spacial score (nSPS) is 13.4. The van der Waals surface area contributed by atoms with Gasteiger partial charge in [0.15, 0.2) is 5.75 Å². The van der Waals surface area contributed by atoms with Gasteiger partial charge in [0.2, 0.25) is 20.0 Å². The van der Waals surface area contributed by atoms with Crippen LogP contribution in [0.2, 0.25) is 0 Å². The third-order valence-electron chi connectivity index (χ3n) is 3.25. The molecule has 0 spiro atoms. The average molecular weight is 492 g/mol. The molecule has 0 heterocycles. The first-order chi connectivity index (χ1) is 12.4. The molecule has 28 heavy (non-hydrogen) atoms. The predicted molar refractivity (Wildman–Crippen MR) is 105 cm³/mol. The lowest BCUT2D eigenvalue weighted by Gasteiger charge is -2.22. The van der Waals surface area contributed by atoms with Crippen molar-refractivity contribution in [2.45, 2.75) is 4.90 Å². The van der Waals surface area contributed by atoms with Crippen LogP contribution < -0.4 is 7.89 Å². The fraction of sp³-hybridized carbons (Fsp3) is 0.231. The maximum atomic E-state index is 12.1. The first kappa shape index (κ1) is 22.7. The van der Waals surface area contributed by atoms with Gasteiger partial charge in [-0.1, -0.05) is 18.2 Å². The third-order valence-corrected chi connectivity index (χ3v) is 8.29. The first-order valence-electron chi connectivity index (χ1n) is 7.03. The summed E-state index contributed by atoms with van der Waals surface area (Å²) in [6, 6.07) is 5.58. The van der Waals surface area contributed by atoms with E-state index in [1.165, 1.54) is 12.1 Å². The highest BCUT2D eigenvalue weighted by Crippen LogP contribution is 2.40. The summed E-state index contributed by atoms with van der Waals surface area (Å²) in [6.07, 6.45) is 2.00. The Morgan fingerprint density at radius 1 is 0.786 bits per heavy atom. The second-order valence-corrected chi connectivity index (χ2v) is 13.7. The number of anilines is 1. The Balaban J connectivity index is 3.06. The molecule has 0 unspecified atom stereocenters. The predicted octanol–water partition coefficient (Wildman–Crippen LogP) is 0.831. The van der Waals surface area contributed by atoms with E-state index in [1.54, 1.807) is 0 Å². The van der Waals surface area contributed by atoms with Crippen molar-refractivity contribution in [2.75, 3.05) is 22.5 Å². The number of nitrogens with zero attached hydrogens (tertiary/aromatic N) is 1. The van der Waals surface area contributed by atoms with Crippen LogP contribution in [-0.2, 0) is 39.2 Å². The van der Waals surface area contributed by atoms with E-state index in [9.17, 15) is 33.7 Å². The van der Waals surface area contributed by atoms with Gasteiger partial charge < -0.3 is 4.18 Å². The van der Waals surface area contributed by atoms with Gasteiger partial charge in [-0.25, -0.2) is 25.3 Å². The minimum Gasteiger partial charge on any atom is -0.380 e. The summed E-state index contributed by atoms with van der Waals surface area (Å²) in [6.45, 7) is 0. The van der Waals surface area contributed by atoms with Crippen molar-refractivity contribution in [1.82, 2.24) is 0 Å². The Kier molecular flexibility index (Phi) is 5.68. The zero-order valence-corrected chi connectivity index (χ0v) is 18.5. The molecule has 2 rings (SSSR count). The molecular formula is C13H14ClNO9S4. The standard InChI is InChI=1S/C13H14ClNO9S4/c1-25(16,17)15(26(2,18)19)11-6-4-5-10-9(11)7-8-12(28(14,22)23)13(10)24-27(3,20)21/h4-8H,1-3H3. The van der Waals surface area contributed by atoms with Gasteiger partial charge in [-0.05, 0) is 12.1 Å². The monoisotopic (exact) mass is 491 g/mol. The number of hydrogen-bond donors (Lipinski definition) is 0. The minimum atomic E-state index is -4.45. The molecule has 0 aromatic heterocycles. The van der Waals surface area contributed by atoms with E-state index in [0.717, 1.165) is 18.2 Å². The van der Waals surface area contributed by atoms with Gasteiger partial charge in [0.05, 0.1) is 24.5 Å². The molecule has 0 fully saturated rings. The maximum absolute atomic E-state index is 12.1. The summed E-state index contributed by atoms with van der Waals surface area (Å²) >= 11 is 0. The molecule has 0 bridgehead atoms. The highest BCUT2D eigenvalue weighted by atomic mass is 35.7. The topological polar surface area (TPSA) is 149 Å². The second kappa shape index (κ2) is 7.02. The minimum absolute atomic E-state index is 0.0962. The van der Waals surface area contributed by atoms with Crippen LogP contribution in [0.1, 0.15) is 0 Å². The highest BCUT2D eigenvalue weighted by molar-refractivity contribution is 8.13. The molecule has 0 aliphatic rings. The molecule has 0 saturated heterocycles. The zero-order valence-electron chi connectivity index (χ0n) is 14.5. The smallest absolute Gasteiger partial charge is 0.306 e. The number of benzene rings is 2. The van der Waals surface area contributed by atoms with E-state index in [4.69, 9.17) is 14.9 Å². The summed E-state index contributed by atoms with van der Waals surface area (Å²) in [4.78, 5) is -0.686. The molecule has 0 N–H and O–H groups in total. The van der Waals surface area contributed by atoms with Gasteiger partial charge in [0.1, 0.15) is 4.90 Å². The first-order valence-corrected chi connectivity index (χ1v) is 14.9. The average Bonchev–Trinajstić information content (AvgIpc) is 2.42. The Bertz CT molecular complexity index is 1350. The SMILES string of the molecule is CS(=O)(=O)Oc1c(S(=O)(=O)Cl)ccc2c(N(S(C)(=O)=O)S(C)(=O)=O)cccc12. The van der Waals surface area contributed by atoms with Crippen molar-refractivity contribution in [2.24, 2.45) is 0 Å². The molecular weight excluding hydrogens is 478 g/mol. The molecule has 2 aromatic carbocycles. The van der Waals surface area contributed by atoms with E-state index in [0.29, 0.717) is 18.8 Å². The fourth-order valence-corrected chi connectivity index (χ4v) is 6.99. The molecule has 0 amide bonds. The maximum Gasteiger partial charge on any atom is 0.306 e. The molecule has 15 heteroatoms. The van der Waals surface area contributed by atoms with E-state index in [-0.39, 0.29) is 20.2 Å². The molecule has 0 atom stereocenters. The molecule has 10 nitrogen and oxygen atoms in total. The van der Waals surface area contributed by atoms with E-state index in [1.807, 2.05) is 0 Å². The van der Waals surface area contributed by atoms with Crippen molar-refractivity contribution in [3.63, 3.8) is 0 Å². The van der Waals surface area contributed by atoms with E-state index < -0.39 is 49.9 Å². The van der Waals surface area contributed by atoms with Crippen molar-refractivity contribution in [3.8, 4) is 5.75 Å². The van der Waals surface area contributed by atoms with Crippen LogP contribution in [0, 0.1) is 0 Å². The van der Waals surface area contributed by atoms with Crippen molar-refractivity contribution >= 4 is 66.4 Å². The summed E-state index contributed by atoms with van der Waals surface area (Å²) in [5.74, 6) is -0.682. The van der Waals surface area contributed by atoms with Gasteiger partial charge in [-0.2, -0.15) is 12.1 Å². The molecule has 0 aliphatic carbocycles. The third kappa shape index (κ3) is 4.86. The summed E-state index contributed by atoms with van der Waals surface area (Å²) in [5.41, 5.74) is -0.348. The Hall–Kier alpha value is -1.61. The summed E-state index contributed by atoms with van der Waals surface area (Å²) in [5, 5.41) is -0.275. The number of halogens is 1. The van der Waals surface area contributed by atoms with E-state index in [2.05, 4.69) is 0 Å². The van der Waals surface area contributed by atoms with Gasteiger partial charge >= 0.3 is 10.1 Å². The van der Waals surface area contributed by atoms with Crippen LogP contribution in [-0.4, -0.2) is 52.4 Å². The van der Waals surface area contributed by atoms with Crippen LogP contribution in [0.4, 0.5) is 5.69 Å². The highest BCUT2D eigenvalue weighted by Gasteiger charge is 2.30. The van der Waals surface area contributed by atoms with Crippen LogP contribution in [0.3, 0.4) is 0 Å². The summed E-state index contributed by atoms with van der Waals surface area (Å²) < 4.78 is 100.0. The van der Waals surface area contributed by atoms with Crippen LogP contribution in [0.5, 0.6) is 5.75 Å². The Morgan fingerprint density at radius 2 is 1.32 bits per heavy atom. The quantitative estimate of drug-likeness (QED) is 0.422. The lowest BCUT2D eigenvalue weighted by atomic mass is 10.1. The molecule has 0 radical (unpaired) electrons. The zero-order chi connectivity index (χ0) is 21.7. The summed E-state index contributed by atoms with van der Waals surface area (Å²) in [7, 11) is -12.0. The fourth-order valence-electron chi connectivity index (χ4n) is 2.49. The number of sulfonamides is 2. The second-order valence-electron chi connectivity index (χ2n) is 5.71. The largest absolute Gasteiger partial charge is 0.380 e. The van der Waals surface area contributed by atoms with Crippen molar-refractivity contribution < 1.29 is 37.9 Å². The van der Waals surface area contributed by atoms with Gasteiger partial charge in [-0.3, -0.25) is 0 Å². The Labute approximate surface area is 167 Å².